The Balaban J connectivity index is 2.48. The Hall–Kier alpha value is -1.88. The quantitative estimate of drug-likeness (QED) is 0.390. The molecule has 0 bridgehead atoms. The zero-order valence-corrected chi connectivity index (χ0v) is 10.4. The highest BCUT2D eigenvalue weighted by Crippen LogP contribution is 2.31. The van der Waals surface area contributed by atoms with E-state index in [1.54, 1.807) is 0 Å². The molecule has 2 aromatic rings. The highest BCUT2D eigenvalue weighted by atomic mass is 35.5. The minimum Gasteiger partial charge on any atom is -0.379 e. The number of aromatic nitrogens is 1. The van der Waals surface area contributed by atoms with Gasteiger partial charge < -0.3 is 5.32 Å². The molecule has 0 aliphatic heterocycles. The Kier molecular flexibility index (Phi) is 3.94. The van der Waals surface area contributed by atoms with E-state index in [1.807, 2.05) is 24.3 Å². The van der Waals surface area contributed by atoms with Crippen molar-refractivity contribution in [2.45, 2.75) is 6.42 Å². The number of alkyl halides is 1. The molecular weight excluding hydrogens is 254 g/mol. The van der Waals surface area contributed by atoms with Gasteiger partial charge in [-0.25, -0.2) is 4.98 Å². The van der Waals surface area contributed by atoms with Crippen LogP contribution in [0.4, 0.5) is 11.4 Å². The van der Waals surface area contributed by atoms with E-state index in [1.165, 1.54) is 6.20 Å². The van der Waals surface area contributed by atoms with E-state index in [0.717, 1.165) is 17.3 Å². The van der Waals surface area contributed by atoms with Gasteiger partial charge in [0, 0.05) is 17.8 Å². The number of nitrogens with zero attached hydrogens (tertiary/aromatic N) is 2. The van der Waals surface area contributed by atoms with Gasteiger partial charge in [-0.15, -0.1) is 11.6 Å². The average Bonchev–Trinajstić information content (AvgIpc) is 2.38. The normalized spacial score (nSPS) is 10.5. The average molecular weight is 266 g/mol. The molecule has 0 saturated carbocycles. The van der Waals surface area contributed by atoms with Crippen LogP contribution in [-0.2, 0) is 0 Å². The fraction of sp³-hybridized carbons (Fsp3) is 0.250. The van der Waals surface area contributed by atoms with Gasteiger partial charge in [-0.05, 0) is 12.5 Å². The number of halogens is 1. The first kappa shape index (κ1) is 12.6. The summed E-state index contributed by atoms with van der Waals surface area (Å²) in [6, 6.07) is 7.33. The number of para-hydroxylation sites is 1. The SMILES string of the molecule is O=[N+]([O-])c1cnc2ccccc2c1NCCCCl. The summed E-state index contributed by atoms with van der Waals surface area (Å²) in [6.07, 6.45) is 2.03. The van der Waals surface area contributed by atoms with Crippen LogP contribution in [0.2, 0.25) is 0 Å². The summed E-state index contributed by atoms with van der Waals surface area (Å²) >= 11 is 5.60. The van der Waals surface area contributed by atoms with Crippen LogP contribution in [0.1, 0.15) is 6.42 Å². The van der Waals surface area contributed by atoms with Crippen molar-refractivity contribution in [3.8, 4) is 0 Å². The van der Waals surface area contributed by atoms with Crippen molar-refractivity contribution in [1.82, 2.24) is 4.98 Å². The van der Waals surface area contributed by atoms with Gasteiger partial charge in [0.1, 0.15) is 11.9 Å². The topological polar surface area (TPSA) is 68.1 Å². The van der Waals surface area contributed by atoms with Crippen molar-refractivity contribution in [2.75, 3.05) is 17.7 Å². The molecular formula is C12H12ClN3O2. The lowest BCUT2D eigenvalue weighted by Crippen LogP contribution is -2.06. The third-order valence-electron chi connectivity index (χ3n) is 2.56. The van der Waals surface area contributed by atoms with Gasteiger partial charge >= 0.3 is 5.69 Å². The molecule has 1 aromatic carbocycles. The zero-order chi connectivity index (χ0) is 13.0. The van der Waals surface area contributed by atoms with Crippen molar-refractivity contribution in [2.24, 2.45) is 0 Å². The third-order valence-corrected chi connectivity index (χ3v) is 2.83. The monoisotopic (exact) mass is 265 g/mol. The minimum atomic E-state index is -0.428. The number of hydrogen-bond donors (Lipinski definition) is 1. The van der Waals surface area contributed by atoms with E-state index in [-0.39, 0.29) is 5.69 Å². The predicted molar refractivity (Wildman–Crippen MR) is 72.2 cm³/mol. The molecule has 0 fully saturated rings. The van der Waals surface area contributed by atoms with Crippen LogP contribution < -0.4 is 5.32 Å². The Labute approximate surface area is 109 Å². The highest BCUT2D eigenvalue weighted by molar-refractivity contribution is 6.17. The highest BCUT2D eigenvalue weighted by Gasteiger charge is 2.17. The molecule has 0 aliphatic carbocycles. The molecule has 0 amide bonds. The summed E-state index contributed by atoms with van der Waals surface area (Å²) in [6.45, 7) is 0.596. The Morgan fingerprint density at radius 3 is 2.89 bits per heavy atom. The summed E-state index contributed by atoms with van der Waals surface area (Å²) in [5, 5.41) is 14.8. The molecule has 0 saturated heterocycles. The van der Waals surface area contributed by atoms with Crippen LogP contribution in [0.25, 0.3) is 10.9 Å². The predicted octanol–water partition coefficient (Wildman–Crippen LogP) is 3.18. The lowest BCUT2D eigenvalue weighted by molar-refractivity contribution is -0.384. The lowest BCUT2D eigenvalue weighted by atomic mass is 10.1. The molecule has 5 nitrogen and oxygen atoms in total. The van der Waals surface area contributed by atoms with Gasteiger partial charge in [-0.1, -0.05) is 18.2 Å². The summed E-state index contributed by atoms with van der Waals surface area (Å²) in [5.41, 5.74) is 1.23. The van der Waals surface area contributed by atoms with E-state index < -0.39 is 4.92 Å². The molecule has 18 heavy (non-hydrogen) atoms. The van der Waals surface area contributed by atoms with Crippen LogP contribution >= 0.6 is 11.6 Å². The summed E-state index contributed by atoms with van der Waals surface area (Å²) < 4.78 is 0. The van der Waals surface area contributed by atoms with Gasteiger partial charge in [0.25, 0.3) is 0 Å². The first-order valence-electron chi connectivity index (χ1n) is 5.56. The third kappa shape index (κ3) is 2.51. The number of nitro groups is 1. The number of anilines is 1. The van der Waals surface area contributed by atoms with E-state index in [2.05, 4.69) is 10.3 Å². The van der Waals surface area contributed by atoms with Crippen LogP contribution in [0.15, 0.2) is 30.5 Å². The molecule has 2 rings (SSSR count). The molecule has 1 aromatic heterocycles. The van der Waals surface area contributed by atoms with Gasteiger partial charge in [-0.2, -0.15) is 0 Å². The van der Waals surface area contributed by atoms with Crippen LogP contribution in [0.5, 0.6) is 0 Å². The molecule has 0 atom stereocenters. The number of rotatable bonds is 5. The Morgan fingerprint density at radius 2 is 2.17 bits per heavy atom. The van der Waals surface area contributed by atoms with Gasteiger partial charge in [0.15, 0.2) is 0 Å². The lowest BCUT2D eigenvalue weighted by Gasteiger charge is -2.09. The summed E-state index contributed by atoms with van der Waals surface area (Å²) in [4.78, 5) is 14.7. The van der Waals surface area contributed by atoms with Gasteiger partial charge in [0.2, 0.25) is 0 Å². The fourth-order valence-corrected chi connectivity index (χ4v) is 1.87. The maximum atomic E-state index is 11.0. The van der Waals surface area contributed by atoms with E-state index in [4.69, 9.17) is 11.6 Å². The van der Waals surface area contributed by atoms with E-state index in [9.17, 15) is 10.1 Å². The molecule has 6 heteroatoms. The number of fused-ring (bicyclic) bond motifs is 1. The first-order valence-corrected chi connectivity index (χ1v) is 6.09. The number of pyridine rings is 1. The molecule has 0 unspecified atom stereocenters. The first-order chi connectivity index (χ1) is 8.74. The number of hydrogen-bond acceptors (Lipinski definition) is 4. The summed E-state index contributed by atoms with van der Waals surface area (Å²) in [5.74, 6) is 0.518. The summed E-state index contributed by atoms with van der Waals surface area (Å²) in [7, 11) is 0. The van der Waals surface area contributed by atoms with Crippen molar-refractivity contribution in [3.05, 3.63) is 40.6 Å². The van der Waals surface area contributed by atoms with Crippen molar-refractivity contribution in [3.63, 3.8) is 0 Å². The zero-order valence-electron chi connectivity index (χ0n) is 9.60. The van der Waals surface area contributed by atoms with Crippen molar-refractivity contribution in [1.29, 1.82) is 0 Å². The molecule has 1 heterocycles. The second-order valence-electron chi connectivity index (χ2n) is 3.76. The number of nitrogens with one attached hydrogen (secondary N) is 1. The van der Waals surface area contributed by atoms with E-state index >= 15 is 0 Å². The van der Waals surface area contributed by atoms with E-state index in [0.29, 0.717) is 18.1 Å². The second kappa shape index (κ2) is 5.64. The molecule has 0 aliphatic rings. The van der Waals surface area contributed by atoms with Crippen LogP contribution in [0, 0.1) is 10.1 Å². The van der Waals surface area contributed by atoms with Crippen molar-refractivity contribution < 1.29 is 4.92 Å². The molecule has 1 N–H and O–H groups in total. The maximum Gasteiger partial charge on any atom is 0.311 e. The molecule has 0 spiro atoms. The maximum absolute atomic E-state index is 11.0. The Bertz CT molecular complexity index is 574. The largest absolute Gasteiger partial charge is 0.379 e. The van der Waals surface area contributed by atoms with Crippen LogP contribution in [-0.4, -0.2) is 22.3 Å². The van der Waals surface area contributed by atoms with Gasteiger partial charge in [0.05, 0.1) is 10.4 Å². The molecule has 0 radical (unpaired) electrons. The van der Waals surface area contributed by atoms with Crippen LogP contribution in [0.3, 0.4) is 0 Å². The van der Waals surface area contributed by atoms with Gasteiger partial charge in [-0.3, -0.25) is 10.1 Å². The Morgan fingerprint density at radius 1 is 1.39 bits per heavy atom. The number of benzene rings is 1. The fourth-order valence-electron chi connectivity index (χ4n) is 1.74. The van der Waals surface area contributed by atoms with Crippen molar-refractivity contribution >= 4 is 33.9 Å². The smallest absolute Gasteiger partial charge is 0.311 e. The standard InChI is InChI=1S/C12H12ClN3O2/c13-6-3-7-14-12-9-4-1-2-5-10(9)15-8-11(12)16(17)18/h1-2,4-5,8H,3,6-7H2,(H,14,15). The minimum absolute atomic E-state index is 0.0109. The molecule has 94 valence electrons. The second-order valence-corrected chi connectivity index (χ2v) is 4.14.